The molecule has 0 bridgehead atoms. The Hall–Kier alpha value is -3.52. The van der Waals surface area contributed by atoms with E-state index in [1.54, 1.807) is 19.9 Å². The van der Waals surface area contributed by atoms with Crippen molar-refractivity contribution in [2.24, 2.45) is 5.73 Å². The van der Waals surface area contributed by atoms with Crippen LogP contribution in [-0.4, -0.2) is 0 Å². The Labute approximate surface area is 149 Å². The van der Waals surface area contributed by atoms with E-state index in [0.717, 1.165) is 11.1 Å². The van der Waals surface area contributed by atoms with Gasteiger partial charge in [-0.05, 0) is 25.5 Å². The monoisotopic (exact) mass is 344 g/mol. The standard InChI is InChI=1S/C21H16N2O3/c1-11-17-16(24)9-8-14-19(13-6-4-3-5-7-13)15(10-22)21(23)26-20(14)18(17)12(2)25-11/h3-9,19H,23H2,1-2H3/t19-/m0/s1. The van der Waals surface area contributed by atoms with Gasteiger partial charge in [0.1, 0.15) is 28.9 Å². The number of fused-ring (bicyclic) bond motifs is 3. The molecule has 0 fully saturated rings. The van der Waals surface area contributed by atoms with Gasteiger partial charge in [-0.25, -0.2) is 0 Å². The van der Waals surface area contributed by atoms with Gasteiger partial charge in [0.25, 0.3) is 0 Å². The molecule has 0 radical (unpaired) electrons. The molecule has 1 aliphatic heterocycles. The number of nitriles is 1. The van der Waals surface area contributed by atoms with Crippen molar-refractivity contribution in [2.75, 3.05) is 0 Å². The minimum absolute atomic E-state index is 0.0482. The fourth-order valence-corrected chi connectivity index (χ4v) is 3.63. The molecule has 5 heteroatoms. The number of nitrogens with two attached hydrogens (primary N) is 1. The normalized spacial score (nSPS) is 16.1. The molecular weight excluding hydrogens is 328 g/mol. The summed E-state index contributed by atoms with van der Waals surface area (Å²) in [6.45, 7) is 3.54. The molecule has 2 N–H and O–H groups in total. The van der Waals surface area contributed by atoms with Crippen molar-refractivity contribution >= 4 is 10.8 Å². The summed E-state index contributed by atoms with van der Waals surface area (Å²) in [5, 5.41) is 10.7. The number of allylic oxidation sites excluding steroid dienone is 1. The highest BCUT2D eigenvalue weighted by Crippen LogP contribution is 2.45. The maximum absolute atomic E-state index is 12.6. The average molecular weight is 344 g/mol. The molecule has 0 amide bonds. The Morgan fingerprint density at radius 1 is 1.04 bits per heavy atom. The topological polar surface area (TPSA) is 89.2 Å². The second kappa shape index (κ2) is 5.78. The first-order valence-corrected chi connectivity index (χ1v) is 8.22. The third kappa shape index (κ3) is 2.20. The molecule has 2 aromatic carbocycles. The zero-order valence-electron chi connectivity index (χ0n) is 14.4. The lowest BCUT2D eigenvalue weighted by atomic mass is 9.84. The van der Waals surface area contributed by atoms with Crippen molar-refractivity contribution < 1.29 is 9.15 Å². The van der Waals surface area contributed by atoms with Crippen LogP contribution in [-0.2, 0) is 0 Å². The van der Waals surface area contributed by atoms with Gasteiger partial charge in [0.2, 0.25) is 5.88 Å². The molecule has 0 unspecified atom stereocenters. The van der Waals surface area contributed by atoms with Crippen molar-refractivity contribution in [3.63, 3.8) is 0 Å². The molecule has 128 valence electrons. The minimum atomic E-state index is -0.408. The first-order valence-electron chi connectivity index (χ1n) is 8.22. The Morgan fingerprint density at radius 2 is 1.73 bits per heavy atom. The zero-order valence-corrected chi connectivity index (χ0v) is 14.4. The number of nitrogens with zero attached hydrogens (tertiary/aromatic N) is 1. The van der Waals surface area contributed by atoms with E-state index in [1.165, 1.54) is 6.07 Å². The molecule has 1 atom stereocenters. The van der Waals surface area contributed by atoms with Crippen LogP contribution in [0.4, 0.5) is 0 Å². The van der Waals surface area contributed by atoms with E-state index in [2.05, 4.69) is 6.07 Å². The highest BCUT2D eigenvalue weighted by molar-refractivity contribution is 5.93. The van der Waals surface area contributed by atoms with Gasteiger partial charge in [-0.15, -0.1) is 0 Å². The number of ether oxygens (including phenoxy) is 1. The van der Waals surface area contributed by atoms with E-state index in [0.29, 0.717) is 33.6 Å². The van der Waals surface area contributed by atoms with Crippen LogP contribution < -0.4 is 15.9 Å². The van der Waals surface area contributed by atoms with Crippen LogP contribution in [0, 0.1) is 25.2 Å². The lowest BCUT2D eigenvalue weighted by Crippen LogP contribution is -2.20. The van der Waals surface area contributed by atoms with Crippen molar-refractivity contribution in [3.8, 4) is 11.8 Å². The van der Waals surface area contributed by atoms with Gasteiger partial charge in [-0.3, -0.25) is 4.79 Å². The molecule has 1 aliphatic rings. The summed E-state index contributed by atoms with van der Waals surface area (Å²) in [7, 11) is 0. The molecule has 0 saturated carbocycles. The number of hydrogen-bond acceptors (Lipinski definition) is 5. The fraction of sp³-hybridized carbons (Fsp3) is 0.143. The maximum atomic E-state index is 12.6. The van der Waals surface area contributed by atoms with Crippen LogP contribution in [0.25, 0.3) is 10.8 Å². The van der Waals surface area contributed by atoms with Crippen LogP contribution in [0.1, 0.15) is 28.6 Å². The Kier molecular flexibility index (Phi) is 3.55. The van der Waals surface area contributed by atoms with Crippen LogP contribution in [0.5, 0.6) is 5.75 Å². The summed E-state index contributed by atoms with van der Waals surface area (Å²) in [6.07, 6.45) is 0. The smallest absolute Gasteiger partial charge is 0.205 e. The first-order chi connectivity index (χ1) is 12.5. The summed E-state index contributed by atoms with van der Waals surface area (Å²) in [5.74, 6) is 1.24. The molecule has 0 aliphatic carbocycles. The van der Waals surface area contributed by atoms with Gasteiger partial charge in [0.15, 0.2) is 5.43 Å². The van der Waals surface area contributed by atoms with Gasteiger partial charge < -0.3 is 14.9 Å². The molecule has 0 saturated heterocycles. The number of hydrogen-bond donors (Lipinski definition) is 1. The summed E-state index contributed by atoms with van der Waals surface area (Å²) in [6, 6.07) is 15.0. The van der Waals surface area contributed by atoms with Crippen molar-refractivity contribution in [1.29, 1.82) is 5.26 Å². The average Bonchev–Trinajstić information content (AvgIpc) is 2.84. The van der Waals surface area contributed by atoms with Crippen molar-refractivity contribution in [3.05, 3.63) is 86.8 Å². The number of benzene rings is 1. The molecular formula is C21H16N2O3. The number of furan rings is 1. The predicted molar refractivity (Wildman–Crippen MR) is 97.7 cm³/mol. The Bertz CT molecular complexity index is 1170. The second-order valence-corrected chi connectivity index (χ2v) is 6.28. The zero-order chi connectivity index (χ0) is 18.4. The van der Waals surface area contributed by atoms with Gasteiger partial charge >= 0.3 is 0 Å². The molecule has 2 heterocycles. The van der Waals surface area contributed by atoms with Gasteiger partial charge in [-0.2, -0.15) is 5.26 Å². The van der Waals surface area contributed by atoms with Crippen LogP contribution >= 0.6 is 0 Å². The lowest BCUT2D eigenvalue weighted by Gasteiger charge is -2.25. The van der Waals surface area contributed by atoms with E-state index >= 15 is 0 Å². The third-order valence-corrected chi connectivity index (χ3v) is 4.74. The number of aryl methyl sites for hydroxylation is 2. The molecule has 0 spiro atoms. The number of rotatable bonds is 1. The van der Waals surface area contributed by atoms with Gasteiger partial charge in [-0.1, -0.05) is 36.4 Å². The predicted octanol–water partition coefficient (Wildman–Crippen LogP) is 3.63. The van der Waals surface area contributed by atoms with Gasteiger partial charge in [0.05, 0.1) is 16.7 Å². The van der Waals surface area contributed by atoms with Crippen molar-refractivity contribution in [2.45, 2.75) is 19.8 Å². The van der Waals surface area contributed by atoms with Crippen molar-refractivity contribution in [1.82, 2.24) is 0 Å². The molecule has 26 heavy (non-hydrogen) atoms. The summed E-state index contributed by atoms with van der Waals surface area (Å²) in [4.78, 5) is 12.6. The quantitative estimate of drug-likeness (QED) is 0.728. The maximum Gasteiger partial charge on any atom is 0.205 e. The van der Waals surface area contributed by atoms with E-state index in [9.17, 15) is 10.1 Å². The SMILES string of the molecule is Cc1oc(C)c2c(=O)ccc3c(c12)OC(N)=C(C#N)[C@H]3c1ccccc1. The van der Waals surface area contributed by atoms with E-state index in [-0.39, 0.29) is 11.3 Å². The van der Waals surface area contributed by atoms with Gasteiger partial charge in [0, 0.05) is 5.56 Å². The fourth-order valence-electron chi connectivity index (χ4n) is 3.63. The summed E-state index contributed by atoms with van der Waals surface area (Å²) < 4.78 is 11.5. The molecule has 4 rings (SSSR count). The Balaban J connectivity index is 2.16. The largest absolute Gasteiger partial charge is 0.465 e. The van der Waals surface area contributed by atoms with E-state index in [1.807, 2.05) is 30.3 Å². The summed E-state index contributed by atoms with van der Waals surface area (Å²) in [5.41, 5.74) is 7.88. The highest BCUT2D eigenvalue weighted by Gasteiger charge is 2.32. The summed E-state index contributed by atoms with van der Waals surface area (Å²) >= 11 is 0. The van der Waals surface area contributed by atoms with Crippen LogP contribution in [0.3, 0.4) is 0 Å². The Morgan fingerprint density at radius 3 is 2.42 bits per heavy atom. The van der Waals surface area contributed by atoms with E-state index < -0.39 is 5.92 Å². The lowest BCUT2D eigenvalue weighted by molar-refractivity contribution is 0.398. The van der Waals surface area contributed by atoms with Crippen LogP contribution in [0.15, 0.2) is 63.1 Å². The second-order valence-electron chi connectivity index (χ2n) is 6.28. The first kappa shape index (κ1) is 16.0. The molecule has 5 nitrogen and oxygen atoms in total. The van der Waals surface area contributed by atoms with Crippen LogP contribution in [0.2, 0.25) is 0 Å². The van der Waals surface area contributed by atoms with E-state index in [4.69, 9.17) is 14.9 Å². The highest BCUT2D eigenvalue weighted by atomic mass is 16.5. The molecule has 1 aromatic heterocycles. The minimum Gasteiger partial charge on any atom is -0.465 e. The third-order valence-electron chi connectivity index (χ3n) is 4.74. The molecule has 3 aromatic rings.